The standard InChI is InChI=1S/C30H39ClFN5O6S/c31-24-18-33-29(34-19-24)35-11-8-22(9-12-35)4-3-14-43-25-7-6-23(26(32)17-25)16-28(39)37-13-10-30(37)20-36(21-30)27(38)5-1-2-15-44(40,41)42/h6-7,17-19,22H,1-5,8-16,20-21H2,(H,40,41,42). The highest BCUT2D eigenvalue weighted by atomic mass is 35.5. The molecule has 1 spiro atoms. The van der Waals surface area contributed by atoms with Gasteiger partial charge in [0.2, 0.25) is 17.8 Å². The van der Waals surface area contributed by atoms with E-state index in [1.165, 1.54) is 6.07 Å². The van der Waals surface area contributed by atoms with E-state index in [0.717, 1.165) is 45.2 Å². The molecule has 240 valence electrons. The molecule has 3 aliphatic heterocycles. The van der Waals surface area contributed by atoms with Gasteiger partial charge in [0.1, 0.15) is 11.6 Å². The Balaban J connectivity index is 0.990. The number of rotatable bonds is 13. The van der Waals surface area contributed by atoms with Crippen molar-refractivity contribution in [3.8, 4) is 5.75 Å². The first-order chi connectivity index (χ1) is 21.0. The molecule has 0 bridgehead atoms. The van der Waals surface area contributed by atoms with Gasteiger partial charge in [0, 0.05) is 45.2 Å². The summed E-state index contributed by atoms with van der Waals surface area (Å²) in [4.78, 5) is 39.6. The zero-order valence-electron chi connectivity index (χ0n) is 24.7. The first-order valence-corrected chi connectivity index (χ1v) is 17.2. The van der Waals surface area contributed by atoms with Crippen LogP contribution in [0.5, 0.6) is 5.75 Å². The van der Waals surface area contributed by atoms with Crippen molar-refractivity contribution in [2.45, 2.75) is 63.3 Å². The Labute approximate surface area is 262 Å². The van der Waals surface area contributed by atoms with E-state index < -0.39 is 15.9 Å². The molecule has 11 nitrogen and oxygen atoms in total. The fourth-order valence-corrected chi connectivity index (χ4v) is 6.96. The Morgan fingerprint density at radius 2 is 1.80 bits per heavy atom. The predicted molar refractivity (Wildman–Crippen MR) is 163 cm³/mol. The van der Waals surface area contributed by atoms with Crippen molar-refractivity contribution < 1.29 is 31.7 Å². The monoisotopic (exact) mass is 651 g/mol. The Morgan fingerprint density at radius 3 is 2.43 bits per heavy atom. The molecule has 1 aromatic heterocycles. The second-order valence-electron chi connectivity index (χ2n) is 12.1. The third-order valence-electron chi connectivity index (χ3n) is 8.94. The zero-order valence-corrected chi connectivity index (χ0v) is 26.2. The molecule has 0 saturated carbocycles. The number of halogens is 2. The van der Waals surface area contributed by atoms with Crippen LogP contribution >= 0.6 is 11.6 Å². The number of benzene rings is 1. The highest BCUT2D eigenvalue weighted by Gasteiger charge is 2.56. The second-order valence-corrected chi connectivity index (χ2v) is 14.1. The molecule has 1 N–H and O–H groups in total. The summed E-state index contributed by atoms with van der Waals surface area (Å²) in [5.74, 6) is 0.644. The summed E-state index contributed by atoms with van der Waals surface area (Å²) in [6, 6.07) is 4.64. The number of unbranched alkanes of at least 4 members (excludes halogenated alkanes) is 1. The summed E-state index contributed by atoms with van der Waals surface area (Å²) in [5.41, 5.74) is -0.0760. The van der Waals surface area contributed by atoms with Crippen LogP contribution in [0.15, 0.2) is 30.6 Å². The van der Waals surface area contributed by atoms with Crippen molar-refractivity contribution in [3.05, 3.63) is 47.0 Å². The first kappa shape index (κ1) is 32.4. The highest BCUT2D eigenvalue weighted by molar-refractivity contribution is 7.85. The Kier molecular flexibility index (Phi) is 10.3. The lowest BCUT2D eigenvalue weighted by molar-refractivity contribution is -0.174. The quantitative estimate of drug-likeness (QED) is 0.254. The fourth-order valence-electron chi connectivity index (χ4n) is 6.29. The van der Waals surface area contributed by atoms with Crippen LogP contribution in [0.4, 0.5) is 10.3 Å². The smallest absolute Gasteiger partial charge is 0.264 e. The summed E-state index contributed by atoms with van der Waals surface area (Å²) in [7, 11) is -4.02. The predicted octanol–water partition coefficient (Wildman–Crippen LogP) is 3.76. The highest BCUT2D eigenvalue weighted by Crippen LogP contribution is 2.40. The molecule has 1 aromatic carbocycles. The van der Waals surface area contributed by atoms with Gasteiger partial charge in [-0.1, -0.05) is 17.7 Å². The second kappa shape index (κ2) is 13.9. The van der Waals surface area contributed by atoms with E-state index in [1.54, 1.807) is 34.3 Å². The summed E-state index contributed by atoms with van der Waals surface area (Å²) in [6.07, 6.45) is 8.73. The maximum absolute atomic E-state index is 14.9. The number of hydrogen-bond donors (Lipinski definition) is 1. The number of amides is 2. The Morgan fingerprint density at radius 1 is 1.07 bits per heavy atom. The molecule has 4 heterocycles. The van der Waals surface area contributed by atoms with Gasteiger partial charge >= 0.3 is 0 Å². The van der Waals surface area contributed by atoms with Crippen molar-refractivity contribution in [2.75, 3.05) is 50.0 Å². The number of ether oxygens (including phenoxy) is 1. The molecule has 2 amide bonds. The topological polar surface area (TPSA) is 133 Å². The van der Waals surface area contributed by atoms with Crippen LogP contribution in [0.25, 0.3) is 0 Å². The molecule has 0 unspecified atom stereocenters. The van der Waals surface area contributed by atoms with Crippen molar-refractivity contribution in [1.82, 2.24) is 19.8 Å². The number of carbonyl (C=O) groups is 2. The van der Waals surface area contributed by atoms with Crippen molar-refractivity contribution in [3.63, 3.8) is 0 Å². The van der Waals surface area contributed by atoms with Gasteiger partial charge in [0.05, 0.1) is 41.7 Å². The summed E-state index contributed by atoms with van der Waals surface area (Å²) < 4.78 is 51.1. The van der Waals surface area contributed by atoms with Gasteiger partial charge in [-0.05, 0) is 62.5 Å². The molecule has 5 rings (SSSR count). The van der Waals surface area contributed by atoms with Gasteiger partial charge in [0.15, 0.2) is 0 Å². The lowest BCUT2D eigenvalue weighted by Gasteiger charge is -2.62. The minimum Gasteiger partial charge on any atom is -0.493 e. The van der Waals surface area contributed by atoms with Gasteiger partial charge in [-0.2, -0.15) is 8.42 Å². The normalized spacial score (nSPS) is 18.2. The van der Waals surface area contributed by atoms with Crippen LogP contribution < -0.4 is 9.64 Å². The maximum Gasteiger partial charge on any atom is 0.264 e. The molecular formula is C30H39ClFN5O6S. The molecule has 3 aliphatic rings. The largest absolute Gasteiger partial charge is 0.493 e. The van der Waals surface area contributed by atoms with Crippen LogP contribution in [0.3, 0.4) is 0 Å². The molecular weight excluding hydrogens is 613 g/mol. The molecule has 3 fully saturated rings. The van der Waals surface area contributed by atoms with E-state index >= 15 is 0 Å². The van der Waals surface area contributed by atoms with Crippen LogP contribution in [0, 0.1) is 11.7 Å². The summed E-state index contributed by atoms with van der Waals surface area (Å²) in [6.45, 7) is 3.73. The van der Waals surface area contributed by atoms with Gasteiger partial charge in [0.25, 0.3) is 10.1 Å². The van der Waals surface area contributed by atoms with Gasteiger partial charge in [-0.3, -0.25) is 14.1 Å². The summed E-state index contributed by atoms with van der Waals surface area (Å²) >= 11 is 5.88. The van der Waals surface area contributed by atoms with Crippen LogP contribution in [0.1, 0.15) is 56.9 Å². The Hall–Kier alpha value is -3.03. The average Bonchev–Trinajstić information content (AvgIpc) is 2.94. The van der Waals surface area contributed by atoms with E-state index in [1.807, 2.05) is 0 Å². The first-order valence-electron chi connectivity index (χ1n) is 15.2. The van der Waals surface area contributed by atoms with Gasteiger partial charge in [-0.15, -0.1) is 0 Å². The van der Waals surface area contributed by atoms with Crippen molar-refractivity contribution >= 4 is 39.5 Å². The molecule has 0 atom stereocenters. The number of piperidine rings is 1. The van der Waals surface area contributed by atoms with Gasteiger partial charge < -0.3 is 19.4 Å². The van der Waals surface area contributed by atoms with E-state index in [0.29, 0.717) is 60.9 Å². The lowest BCUT2D eigenvalue weighted by Crippen LogP contribution is -2.78. The third kappa shape index (κ3) is 8.16. The number of hydrogen-bond acceptors (Lipinski definition) is 8. The van der Waals surface area contributed by atoms with Gasteiger partial charge in [-0.25, -0.2) is 14.4 Å². The molecule has 0 aliphatic carbocycles. The Bertz CT molecular complexity index is 1430. The number of likely N-dealkylation sites (tertiary alicyclic amines) is 2. The number of anilines is 1. The number of nitrogens with zero attached hydrogens (tertiary/aromatic N) is 5. The molecule has 2 aromatic rings. The minimum absolute atomic E-state index is 0.0583. The van der Waals surface area contributed by atoms with Crippen LogP contribution in [-0.2, 0) is 26.1 Å². The summed E-state index contributed by atoms with van der Waals surface area (Å²) in [5, 5.41) is 0.525. The molecule has 0 radical (unpaired) electrons. The van der Waals surface area contributed by atoms with E-state index in [2.05, 4.69) is 14.9 Å². The number of carbonyl (C=O) groups excluding carboxylic acids is 2. The zero-order chi connectivity index (χ0) is 31.3. The lowest BCUT2D eigenvalue weighted by atomic mass is 9.76. The van der Waals surface area contributed by atoms with E-state index in [-0.39, 0.29) is 42.4 Å². The maximum atomic E-state index is 14.9. The van der Waals surface area contributed by atoms with Crippen LogP contribution in [-0.4, -0.2) is 95.2 Å². The average molecular weight is 652 g/mol. The molecule has 3 saturated heterocycles. The van der Waals surface area contributed by atoms with E-state index in [4.69, 9.17) is 20.9 Å². The third-order valence-corrected chi connectivity index (χ3v) is 9.94. The molecule has 44 heavy (non-hydrogen) atoms. The molecule has 14 heteroatoms. The minimum atomic E-state index is -4.02. The SMILES string of the molecule is O=C(CCCCS(=O)(=O)O)N1CC2(CCN2C(=O)Cc2ccc(OCCCC3CCN(c4ncc(Cl)cn4)CC3)cc2F)C1. The fraction of sp³-hybridized carbons (Fsp3) is 0.600. The van der Waals surface area contributed by atoms with Crippen molar-refractivity contribution in [1.29, 1.82) is 0 Å². The van der Waals surface area contributed by atoms with E-state index in [9.17, 15) is 22.4 Å². The van der Waals surface area contributed by atoms with Crippen molar-refractivity contribution in [2.24, 2.45) is 5.92 Å². The van der Waals surface area contributed by atoms with Crippen LogP contribution in [0.2, 0.25) is 5.02 Å². The number of aromatic nitrogens is 2.